The van der Waals surface area contributed by atoms with Gasteiger partial charge in [-0.1, -0.05) is 0 Å². The van der Waals surface area contributed by atoms with Crippen molar-refractivity contribution in [3.8, 4) is 5.75 Å². The molecule has 25 heavy (non-hydrogen) atoms. The van der Waals surface area contributed by atoms with Gasteiger partial charge in [0.25, 0.3) is 11.6 Å². The number of aryl methyl sites for hydroxylation is 1. The molecule has 0 aliphatic heterocycles. The van der Waals surface area contributed by atoms with Gasteiger partial charge in [0.15, 0.2) is 5.11 Å². The molecule has 2 rings (SSSR count). The van der Waals surface area contributed by atoms with E-state index in [-0.39, 0.29) is 16.7 Å². The summed E-state index contributed by atoms with van der Waals surface area (Å²) in [7, 11) is 1.56. The Morgan fingerprint density at radius 1 is 1.28 bits per heavy atom. The van der Waals surface area contributed by atoms with E-state index in [2.05, 4.69) is 33.2 Å². The number of hydrogen-bond donors (Lipinski definition) is 2. The molecule has 0 aliphatic rings. The molecule has 0 saturated heterocycles. The highest BCUT2D eigenvalue weighted by atomic mass is 127. The molecule has 0 radical (unpaired) electrons. The topological polar surface area (TPSA) is 93.5 Å². The zero-order valence-electron chi connectivity index (χ0n) is 13.3. The van der Waals surface area contributed by atoms with Crippen LogP contribution >= 0.6 is 34.8 Å². The van der Waals surface area contributed by atoms with Crippen LogP contribution in [-0.2, 0) is 0 Å². The Bertz CT molecular complexity index is 857. The highest BCUT2D eigenvalue weighted by Crippen LogP contribution is 2.22. The lowest BCUT2D eigenvalue weighted by molar-refractivity contribution is -0.384. The zero-order chi connectivity index (χ0) is 18.6. The van der Waals surface area contributed by atoms with Crippen LogP contribution in [0.1, 0.15) is 15.9 Å². The predicted molar refractivity (Wildman–Crippen MR) is 107 cm³/mol. The van der Waals surface area contributed by atoms with Crippen molar-refractivity contribution < 1.29 is 14.5 Å². The summed E-state index contributed by atoms with van der Waals surface area (Å²) in [4.78, 5) is 22.5. The maximum absolute atomic E-state index is 12.3. The SMILES string of the molecule is COc1ccc(C(=O)NC(=S)Nc2ccc([N+](=O)[O-])cc2C)cc1I. The molecule has 0 spiro atoms. The molecule has 1 amide bonds. The Labute approximate surface area is 163 Å². The number of halogens is 1. The van der Waals surface area contributed by atoms with Crippen LogP contribution in [0.4, 0.5) is 11.4 Å². The van der Waals surface area contributed by atoms with E-state index in [9.17, 15) is 14.9 Å². The van der Waals surface area contributed by atoms with Crippen molar-refractivity contribution in [3.05, 3.63) is 61.2 Å². The molecule has 0 unspecified atom stereocenters. The summed E-state index contributed by atoms with van der Waals surface area (Å²) in [6.45, 7) is 1.71. The average Bonchev–Trinajstić information content (AvgIpc) is 2.56. The fourth-order valence-electron chi connectivity index (χ4n) is 2.04. The number of nitro groups is 1. The fourth-order valence-corrected chi connectivity index (χ4v) is 2.98. The highest BCUT2D eigenvalue weighted by molar-refractivity contribution is 14.1. The van der Waals surface area contributed by atoms with E-state index in [0.29, 0.717) is 22.6 Å². The van der Waals surface area contributed by atoms with Gasteiger partial charge in [-0.2, -0.15) is 0 Å². The molecule has 0 heterocycles. The number of anilines is 1. The number of carbonyl (C=O) groups excluding carboxylic acids is 1. The van der Waals surface area contributed by atoms with E-state index < -0.39 is 4.92 Å². The van der Waals surface area contributed by atoms with Crippen molar-refractivity contribution >= 4 is 57.2 Å². The fraction of sp³-hybridized carbons (Fsp3) is 0.125. The molecule has 0 saturated carbocycles. The number of thiocarbonyl (C=S) groups is 1. The third kappa shape index (κ3) is 4.86. The molecular formula is C16H14IN3O4S. The molecule has 0 aromatic heterocycles. The van der Waals surface area contributed by atoms with Gasteiger partial charge >= 0.3 is 0 Å². The van der Waals surface area contributed by atoms with Crippen LogP contribution in [0.3, 0.4) is 0 Å². The highest BCUT2D eigenvalue weighted by Gasteiger charge is 2.12. The van der Waals surface area contributed by atoms with Crippen LogP contribution < -0.4 is 15.4 Å². The van der Waals surface area contributed by atoms with Gasteiger partial charge in [-0.05, 0) is 71.6 Å². The molecule has 0 aliphatic carbocycles. The number of rotatable bonds is 4. The minimum Gasteiger partial charge on any atom is -0.496 e. The van der Waals surface area contributed by atoms with E-state index in [4.69, 9.17) is 17.0 Å². The summed E-state index contributed by atoms with van der Waals surface area (Å²) in [5, 5.41) is 16.3. The number of hydrogen-bond acceptors (Lipinski definition) is 5. The normalized spacial score (nSPS) is 10.0. The van der Waals surface area contributed by atoms with E-state index in [0.717, 1.165) is 3.57 Å². The number of non-ortho nitro benzene ring substituents is 1. The number of nitrogens with one attached hydrogen (secondary N) is 2. The van der Waals surface area contributed by atoms with Crippen molar-refractivity contribution in [2.24, 2.45) is 0 Å². The van der Waals surface area contributed by atoms with Crippen LogP contribution in [0.5, 0.6) is 5.75 Å². The molecule has 0 bridgehead atoms. The maximum Gasteiger partial charge on any atom is 0.269 e. The van der Waals surface area contributed by atoms with Gasteiger partial charge < -0.3 is 10.1 Å². The first-order valence-corrected chi connectivity index (χ1v) is 8.51. The Kier molecular flexibility index (Phi) is 6.26. The molecule has 130 valence electrons. The van der Waals surface area contributed by atoms with Gasteiger partial charge in [-0.25, -0.2) is 0 Å². The molecule has 7 nitrogen and oxygen atoms in total. The standard InChI is InChI=1S/C16H14IN3O4S/c1-9-7-11(20(22)23)4-5-13(9)18-16(25)19-15(21)10-3-6-14(24-2)12(17)8-10/h3-8H,1-2H3,(H2,18,19,21,25). The molecule has 2 aromatic carbocycles. The van der Waals surface area contributed by atoms with Gasteiger partial charge in [-0.3, -0.25) is 20.2 Å². The lowest BCUT2D eigenvalue weighted by atomic mass is 10.2. The summed E-state index contributed by atoms with van der Waals surface area (Å²) in [6, 6.07) is 9.37. The monoisotopic (exact) mass is 471 g/mol. The van der Waals surface area contributed by atoms with Gasteiger partial charge in [0.1, 0.15) is 5.75 Å². The molecule has 9 heteroatoms. The second-order valence-electron chi connectivity index (χ2n) is 5.01. The first-order chi connectivity index (χ1) is 11.8. The maximum atomic E-state index is 12.3. The summed E-state index contributed by atoms with van der Waals surface area (Å²) < 4.78 is 5.96. The molecular weight excluding hydrogens is 457 g/mol. The summed E-state index contributed by atoms with van der Waals surface area (Å²) in [6.07, 6.45) is 0. The molecule has 2 N–H and O–H groups in total. The first kappa shape index (κ1) is 19.1. The lowest BCUT2D eigenvalue weighted by Gasteiger charge is -2.12. The van der Waals surface area contributed by atoms with Crippen molar-refractivity contribution in [2.75, 3.05) is 12.4 Å². The van der Waals surface area contributed by atoms with Crippen LogP contribution in [0.25, 0.3) is 0 Å². The number of benzene rings is 2. The van der Waals surface area contributed by atoms with E-state index in [1.807, 2.05) is 0 Å². The number of nitro benzene ring substituents is 1. The van der Waals surface area contributed by atoms with E-state index in [1.165, 1.54) is 12.1 Å². The van der Waals surface area contributed by atoms with Crippen LogP contribution in [0, 0.1) is 20.6 Å². The van der Waals surface area contributed by atoms with Crippen LogP contribution in [0.15, 0.2) is 36.4 Å². The second-order valence-corrected chi connectivity index (χ2v) is 6.58. The zero-order valence-corrected chi connectivity index (χ0v) is 16.3. The Balaban J connectivity index is 2.06. The van der Waals surface area contributed by atoms with Gasteiger partial charge in [0.2, 0.25) is 0 Å². The first-order valence-electron chi connectivity index (χ1n) is 7.02. The van der Waals surface area contributed by atoms with Gasteiger partial charge in [0, 0.05) is 23.4 Å². The van der Waals surface area contributed by atoms with Crippen molar-refractivity contribution in [2.45, 2.75) is 6.92 Å². The summed E-state index contributed by atoms with van der Waals surface area (Å²) in [5.41, 5.74) is 1.66. The number of nitrogens with zero attached hydrogens (tertiary/aromatic N) is 1. The predicted octanol–water partition coefficient (Wildman–Crippen LogP) is 3.64. The van der Waals surface area contributed by atoms with E-state index >= 15 is 0 Å². The Morgan fingerprint density at radius 2 is 2.00 bits per heavy atom. The molecule has 0 atom stereocenters. The molecule has 2 aromatic rings. The number of amides is 1. The summed E-state index contributed by atoms with van der Waals surface area (Å²) in [5.74, 6) is 0.317. The minimum absolute atomic E-state index is 0.00851. The van der Waals surface area contributed by atoms with Crippen molar-refractivity contribution in [1.82, 2.24) is 5.32 Å². The average molecular weight is 471 g/mol. The largest absolute Gasteiger partial charge is 0.496 e. The molecule has 0 fully saturated rings. The summed E-state index contributed by atoms with van der Waals surface area (Å²) >= 11 is 7.21. The lowest BCUT2D eigenvalue weighted by Crippen LogP contribution is -2.34. The minimum atomic E-state index is -0.470. The van der Waals surface area contributed by atoms with Gasteiger partial charge in [0.05, 0.1) is 15.6 Å². The number of ether oxygens (including phenoxy) is 1. The Hall–Kier alpha value is -2.27. The quantitative estimate of drug-likeness (QED) is 0.306. The second kappa shape index (κ2) is 8.21. The third-order valence-electron chi connectivity index (χ3n) is 3.31. The van der Waals surface area contributed by atoms with Crippen LogP contribution in [0.2, 0.25) is 0 Å². The Morgan fingerprint density at radius 3 is 2.56 bits per heavy atom. The number of methoxy groups -OCH3 is 1. The van der Waals surface area contributed by atoms with Gasteiger partial charge in [-0.15, -0.1) is 0 Å². The smallest absolute Gasteiger partial charge is 0.269 e. The van der Waals surface area contributed by atoms with Crippen LogP contribution in [-0.4, -0.2) is 23.1 Å². The number of carbonyl (C=O) groups is 1. The third-order valence-corrected chi connectivity index (χ3v) is 4.36. The van der Waals surface area contributed by atoms with Crippen molar-refractivity contribution in [1.29, 1.82) is 0 Å². The van der Waals surface area contributed by atoms with E-state index in [1.54, 1.807) is 38.3 Å². The van der Waals surface area contributed by atoms with Crippen molar-refractivity contribution in [3.63, 3.8) is 0 Å².